The fourth-order valence-corrected chi connectivity index (χ4v) is 7.61. The maximum absolute atomic E-state index is 13.1. The van der Waals surface area contributed by atoms with Gasteiger partial charge in [0.2, 0.25) is 5.91 Å². The number of methoxy groups -OCH3 is 1. The van der Waals surface area contributed by atoms with Crippen molar-refractivity contribution in [2.45, 2.75) is 43.2 Å². The van der Waals surface area contributed by atoms with Crippen molar-refractivity contribution in [1.29, 1.82) is 0 Å². The molecule has 4 unspecified atom stereocenters. The van der Waals surface area contributed by atoms with Gasteiger partial charge in [-0.15, -0.1) is 0 Å². The van der Waals surface area contributed by atoms with Crippen LogP contribution in [0.1, 0.15) is 36.8 Å². The Kier molecular flexibility index (Phi) is 7.04. The molecule has 212 valence electrons. The van der Waals surface area contributed by atoms with Gasteiger partial charge in [0.25, 0.3) is 0 Å². The van der Waals surface area contributed by atoms with Crippen LogP contribution in [0.4, 0.5) is 5.69 Å². The molecule has 3 N–H and O–H groups in total. The summed E-state index contributed by atoms with van der Waals surface area (Å²) >= 11 is 0. The third kappa shape index (κ3) is 4.81. The van der Waals surface area contributed by atoms with Crippen molar-refractivity contribution in [3.63, 3.8) is 0 Å². The third-order valence-electron chi connectivity index (χ3n) is 9.94. The normalized spacial score (nSPS) is 33.1. The first-order chi connectivity index (χ1) is 19.6. The maximum atomic E-state index is 13.1. The summed E-state index contributed by atoms with van der Waals surface area (Å²) in [6.45, 7) is 5.25. The molecule has 4 fully saturated rings. The fourth-order valence-electron chi connectivity index (χ4n) is 7.61. The first-order valence-electron chi connectivity index (χ1n) is 14.9. The lowest BCUT2D eigenvalue weighted by Gasteiger charge is -2.33. The fraction of sp³-hybridized carbons (Fsp3) is 0.531. The van der Waals surface area contributed by atoms with Gasteiger partial charge < -0.3 is 19.5 Å². The van der Waals surface area contributed by atoms with Gasteiger partial charge in [0.15, 0.2) is 0 Å². The molecular weight excluding hydrogens is 504 g/mol. The molecule has 0 radical (unpaired) electrons. The van der Waals surface area contributed by atoms with Crippen LogP contribution in [-0.4, -0.2) is 69.5 Å². The summed E-state index contributed by atoms with van der Waals surface area (Å²) in [5.41, 5.74) is 10.1. The van der Waals surface area contributed by atoms with Gasteiger partial charge in [0.05, 0.1) is 25.7 Å². The number of fused-ring (bicyclic) bond motifs is 3. The zero-order chi connectivity index (χ0) is 27.1. The van der Waals surface area contributed by atoms with Crippen LogP contribution in [0.15, 0.2) is 48.5 Å². The number of carbonyl (C=O) groups excluding carboxylic acids is 1. The highest BCUT2D eigenvalue weighted by molar-refractivity contribution is 6.09. The van der Waals surface area contributed by atoms with Gasteiger partial charge in [0, 0.05) is 37.4 Å². The first kappa shape index (κ1) is 26.0. The van der Waals surface area contributed by atoms with Gasteiger partial charge in [-0.1, -0.05) is 24.3 Å². The lowest BCUT2D eigenvalue weighted by atomic mass is 9.73. The molecule has 5 aliphatic rings. The number of hydrazine groups is 1. The number of nitrogens with zero attached hydrogens (tertiary/aromatic N) is 1. The number of hydrogen-bond acceptors (Lipinski definition) is 7. The maximum Gasteiger partial charge on any atom is 0.235 e. The molecule has 7 rings (SSSR count). The molecule has 2 aromatic carbocycles. The van der Waals surface area contributed by atoms with E-state index in [4.69, 9.17) is 14.2 Å². The van der Waals surface area contributed by atoms with Crippen molar-refractivity contribution in [3.05, 3.63) is 59.7 Å². The van der Waals surface area contributed by atoms with Crippen LogP contribution >= 0.6 is 0 Å². The molecule has 8 heteroatoms. The smallest absolute Gasteiger partial charge is 0.235 e. The molecule has 40 heavy (non-hydrogen) atoms. The summed E-state index contributed by atoms with van der Waals surface area (Å²) in [4.78, 5) is 15.5. The van der Waals surface area contributed by atoms with Gasteiger partial charge in [-0.05, 0) is 84.9 Å². The summed E-state index contributed by atoms with van der Waals surface area (Å²) in [5.74, 6) is 3.44. The van der Waals surface area contributed by atoms with Crippen molar-refractivity contribution in [2.75, 3.05) is 51.9 Å². The number of benzene rings is 2. The Morgan fingerprint density at radius 2 is 1.90 bits per heavy atom. The Bertz CT molecular complexity index is 1260. The zero-order valence-corrected chi connectivity index (χ0v) is 23.2. The summed E-state index contributed by atoms with van der Waals surface area (Å²) in [6.07, 6.45) is 8.91. The predicted molar refractivity (Wildman–Crippen MR) is 154 cm³/mol. The highest BCUT2D eigenvalue weighted by Gasteiger charge is 2.67. The van der Waals surface area contributed by atoms with Crippen LogP contribution in [-0.2, 0) is 14.9 Å². The van der Waals surface area contributed by atoms with Crippen LogP contribution < -0.4 is 25.6 Å². The predicted octanol–water partition coefficient (Wildman–Crippen LogP) is 3.59. The number of amides is 1. The lowest BCUT2D eigenvalue weighted by molar-refractivity contribution is -0.118. The molecule has 0 bridgehead atoms. The number of morpholine rings is 1. The van der Waals surface area contributed by atoms with E-state index in [1.165, 1.54) is 18.4 Å². The highest BCUT2D eigenvalue weighted by Crippen LogP contribution is 2.65. The molecule has 1 amide bonds. The molecule has 8 nitrogen and oxygen atoms in total. The van der Waals surface area contributed by atoms with E-state index in [9.17, 15) is 4.79 Å². The Morgan fingerprint density at radius 1 is 1.07 bits per heavy atom. The second-order valence-electron chi connectivity index (χ2n) is 12.0. The van der Waals surface area contributed by atoms with E-state index in [1.807, 2.05) is 12.1 Å². The minimum atomic E-state index is -0.356. The van der Waals surface area contributed by atoms with E-state index >= 15 is 0 Å². The Hall–Kier alpha value is -2.91. The molecule has 3 heterocycles. The number of hydrogen-bond donors (Lipinski definition) is 3. The van der Waals surface area contributed by atoms with Gasteiger partial charge in [-0.2, -0.15) is 0 Å². The van der Waals surface area contributed by atoms with E-state index in [1.54, 1.807) is 7.11 Å². The molecular formula is C32H40N4O4. The molecule has 2 saturated heterocycles. The molecule has 3 aliphatic heterocycles. The Balaban J connectivity index is 0.921. The van der Waals surface area contributed by atoms with E-state index in [0.717, 1.165) is 68.4 Å². The van der Waals surface area contributed by atoms with Crippen LogP contribution in [0.3, 0.4) is 0 Å². The molecule has 0 aromatic heterocycles. The second kappa shape index (κ2) is 10.8. The minimum Gasteiger partial charge on any atom is -0.497 e. The summed E-state index contributed by atoms with van der Waals surface area (Å²) < 4.78 is 16.8. The monoisotopic (exact) mass is 544 g/mol. The molecule has 2 aromatic rings. The number of nitrogens with one attached hydrogen (secondary N) is 3. The standard InChI is InChI=1S/C32H40N4O4/c1-38-24-8-11-29-26(19-24)32(31(37)33-29)20-27(32)22-5-9-25-28(34-35-30(25)18-22)10-4-21-2-6-23(7-3-21)40-17-14-36-12-15-39-16-13-36/h2-4,6-8,10-11,19,22,25,27-28,30,34-35H,5,9,12-18,20H2,1H3,(H,33,37)/b10-4+/t22?,25?,27-,28?,30?,32-/m0/s1. The van der Waals surface area contributed by atoms with Gasteiger partial charge in [0.1, 0.15) is 18.1 Å². The van der Waals surface area contributed by atoms with Gasteiger partial charge >= 0.3 is 0 Å². The van der Waals surface area contributed by atoms with Crippen molar-refractivity contribution in [3.8, 4) is 11.5 Å². The summed E-state index contributed by atoms with van der Waals surface area (Å²) in [6, 6.07) is 15.1. The van der Waals surface area contributed by atoms with E-state index < -0.39 is 0 Å². The summed E-state index contributed by atoms with van der Waals surface area (Å²) in [5, 5.41) is 3.14. The van der Waals surface area contributed by atoms with Crippen molar-refractivity contribution >= 4 is 17.7 Å². The largest absolute Gasteiger partial charge is 0.497 e. The molecule has 1 spiro atoms. The number of rotatable bonds is 8. The quantitative estimate of drug-likeness (QED) is 0.469. The van der Waals surface area contributed by atoms with E-state index in [-0.39, 0.29) is 11.3 Å². The van der Waals surface area contributed by atoms with Gasteiger partial charge in [-0.25, -0.2) is 0 Å². The highest BCUT2D eigenvalue weighted by atomic mass is 16.5. The molecule has 2 saturated carbocycles. The second-order valence-corrected chi connectivity index (χ2v) is 12.0. The van der Waals surface area contributed by atoms with Crippen molar-refractivity contribution in [1.82, 2.24) is 15.8 Å². The SMILES string of the molecule is COc1ccc2c(c1)[C@]1(C[C@H]1C1CCC3C(/C=C/c4ccc(OCCN5CCOCC5)cc4)NNC3C1)C(=O)N2. The van der Waals surface area contributed by atoms with Crippen molar-refractivity contribution < 1.29 is 19.0 Å². The average molecular weight is 545 g/mol. The number of carbonyl (C=O) groups is 1. The Morgan fingerprint density at radius 3 is 2.73 bits per heavy atom. The lowest BCUT2D eigenvalue weighted by Crippen LogP contribution is -2.38. The number of anilines is 1. The van der Waals surface area contributed by atoms with E-state index in [0.29, 0.717) is 36.4 Å². The van der Waals surface area contributed by atoms with Crippen LogP contribution in [0.25, 0.3) is 6.08 Å². The van der Waals surface area contributed by atoms with Crippen LogP contribution in [0, 0.1) is 17.8 Å². The van der Waals surface area contributed by atoms with Crippen LogP contribution in [0.5, 0.6) is 11.5 Å². The first-order valence-corrected chi connectivity index (χ1v) is 14.9. The zero-order valence-electron chi connectivity index (χ0n) is 23.2. The van der Waals surface area contributed by atoms with E-state index in [2.05, 4.69) is 63.6 Å². The third-order valence-corrected chi connectivity index (χ3v) is 9.94. The minimum absolute atomic E-state index is 0.176. The Labute approximate surface area is 236 Å². The molecule has 2 aliphatic carbocycles. The topological polar surface area (TPSA) is 84.1 Å². The number of ether oxygens (including phenoxy) is 3. The molecule has 6 atom stereocenters. The van der Waals surface area contributed by atoms with Crippen LogP contribution in [0.2, 0.25) is 0 Å². The van der Waals surface area contributed by atoms with Gasteiger partial charge in [-0.3, -0.25) is 20.5 Å². The average Bonchev–Trinajstić information content (AvgIpc) is 3.53. The summed E-state index contributed by atoms with van der Waals surface area (Å²) in [7, 11) is 1.69. The van der Waals surface area contributed by atoms with Crippen molar-refractivity contribution in [2.24, 2.45) is 17.8 Å².